The van der Waals surface area contributed by atoms with Crippen molar-refractivity contribution in [1.82, 2.24) is 18.3 Å². The highest BCUT2D eigenvalue weighted by molar-refractivity contribution is 7.26. The molecule has 97 heavy (non-hydrogen) atoms. The van der Waals surface area contributed by atoms with Gasteiger partial charge in [0.15, 0.2) is 0 Å². The second kappa shape index (κ2) is 21.6. The van der Waals surface area contributed by atoms with Gasteiger partial charge in [0.2, 0.25) is 0 Å². The number of aromatic nitrogens is 4. The molecule has 0 fully saturated rings. The Hall–Kier alpha value is -12.8. The number of hydrogen-bond donors (Lipinski definition) is 0. The van der Waals surface area contributed by atoms with Gasteiger partial charge in [0.1, 0.15) is 0 Å². The molecule has 0 radical (unpaired) electrons. The van der Waals surface area contributed by atoms with E-state index in [9.17, 15) is 5.26 Å². The molecule has 0 spiro atoms. The van der Waals surface area contributed by atoms with Gasteiger partial charge >= 0.3 is 0 Å². The molecule has 15 aromatic carbocycles. The number of hydrogen-bond acceptors (Lipinski definition) is 2. The number of benzene rings is 15. The zero-order valence-electron chi connectivity index (χ0n) is 52.4. The molecule has 0 bridgehead atoms. The lowest BCUT2D eigenvalue weighted by molar-refractivity contribution is 1.18. The molecule has 450 valence electrons. The monoisotopic (exact) mass is 1250 g/mol. The zero-order valence-corrected chi connectivity index (χ0v) is 53.2. The maximum Gasteiger partial charge on any atom is 0.0991 e. The summed E-state index contributed by atoms with van der Waals surface area (Å²) in [5.41, 5.74) is 25.9. The van der Waals surface area contributed by atoms with Crippen molar-refractivity contribution in [2.45, 2.75) is 0 Å². The quantitative estimate of drug-likeness (QED) is 0.142. The van der Waals surface area contributed by atoms with Gasteiger partial charge in [0.25, 0.3) is 0 Å². The van der Waals surface area contributed by atoms with Gasteiger partial charge in [-0.05, 0) is 195 Å². The Balaban J connectivity index is 0.726. The number of thiophene rings is 1. The predicted octanol–water partition coefficient (Wildman–Crippen LogP) is 24.6. The van der Waals surface area contributed by atoms with Gasteiger partial charge < -0.3 is 18.3 Å². The summed E-state index contributed by atoms with van der Waals surface area (Å²) in [5, 5.41) is 22.1. The fourth-order valence-corrected chi connectivity index (χ4v) is 16.8. The van der Waals surface area contributed by atoms with Crippen LogP contribution < -0.4 is 0 Å². The molecule has 0 amide bonds. The van der Waals surface area contributed by atoms with Crippen LogP contribution in [0.15, 0.2) is 334 Å². The standard InChI is InChI=1S/C91H55N5S/c92-56-57-26-38-68(39-27-57)95-84-46-34-63(64-37-49-87-77(51-64)72-19-8-11-23-82(72)96(87)88-24-13-21-75-74-20-9-12-25-90(74)97-91(75)88)52-78(84)73-44-32-67(55-89(73)95)66-36-48-86-80(54-66)79-53-65(35-47-85(79)94(86)70-42-30-61(31-43-70)59-16-5-2-6-17-59)62-33-45-83-76(50-62)71-18-7-10-22-81(71)93(83)69-40-28-60(29-41-69)58-14-3-1-4-15-58/h1-55H. The minimum atomic E-state index is 0.627. The van der Waals surface area contributed by atoms with Crippen molar-refractivity contribution in [3.05, 3.63) is 339 Å². The average molecular weight is 1250 g/mol. The third kappa shape index (κ3) is 8.63. The van der Waals surface area contributed by atoms with E-state index in [1.807, 2.05) is 23.5 Å². The Morgan fingerprint density at radius 2 is 0.546 bits per heavy atom. The first-order valence-electron chi connectivity index (χ1n) is 33.0. The first-order valence-corrected chi connectivity index (χ1v) is 33.8. The summed E-state index contributed by atoms with van der Waals surface area (Å²) in [6.07, 6.45) is 0. The van der Waals surface area contributed by atoms with Crippen LogP contribution in [0.4, 0.5) is 0 Å². The van der Waals surface area contributed by atoms with E-state index in [1.54, 1.807) is 0 Å². The molecule has 5 aromatic heterocycles. The molecule has 0 N–H and O–H groups in total. The predicted molar refractivity (Wildman–Crippen MR) is 409 cm³/mol. The molecule has 0 aliphatic heterocycles. The van der Waals surface area contributed by atoms with Crippen LogP contribution in [0, 0.1) is 11.3 Å². The van der Waals surface area contributed by atoms with Gasteiger partial charge in [0.05, 0.1) is 66.2 Å². The van der Waals surface area contributed by atoms with E-state index in [0.29, 0.717) is 5.56 Å². The van der Waals surface area contributed by atoms with Crippen LogP contribution in [0.25, 0.3) is 186 Å². The number of rotatable bonds is 9. The van der Waals surface area contributed by atoms with E-state index in [2.05, 4.69) is 346 Å². The molecule has 0 aliphatic rings. The van der Waals surface area contributed by atoms with Crippen molar-refractivity contribution >= 4 is 119 Å². The van der Waals surface area contributed by atoms with Crippen LogP contribution in [0.1, 0.15) is 5.56 Å². The molecular formula is C91H55N5S. The van der Waals surface area contributed by atoms with Gasteiger partial charge in [-0.3, -0.25) is 0 Å². The minimum Gasteiger partial charge on any atom is -0.309 e. The molecule has 5 nitrogen and oxygen atoms in total. The van der Waals surface area contributed by atoms with Gasteiger partial charge in [-0.25, -0.2) is 0 Å². The van der Waals surface area contributed by atoms with Gasteiger partial charge in [-0.1, -0.05) is 194 Å². The molecule has 0 saturated carbocycles. The van der Waals surface area contributed by atoms with Gasteiger partial charge in [0, 0.05) is 75.6 Å². The smallest absolute Gasteiger partial charge is 0.0991 e. The highest BCUT2D eigenvalue weighted by Crippen LogP contribution is 2.45. The van der Waals surface area contributed by atoms with Crippen LogP contribution >= 0.6 is 11.3 Å². The van der Waals surface area contributed by atoms with Crippen molar-refractivity contribution in [2.24, 2.45) is 0 Å². The third-order valence-electron chi connectivity index (χ3n) is 20.2. The number of para-hydroxylation sites is 2. The summed E-state index contributed by atoms with van der Waals surface area (Å²) in [5.74, 6) is 0. The van der Waals surface area contributed by atoms with Crippen LogP contribution in [-0.2, 0) is 0 Å². The highest BCUT2D eigenvalue weighted by Gasteiger charge is 2.22. The summed E-state index contributed by atoms with van der Waals surface area (Å²) in [6, 6.07) is 125. The van der Waals surface area contributed by atoms with E-state index in [0.717, 1.165) is 83.3 Å². The zero-order chi connectivity index (χ0) is 63.8. The fourth-order valence-electron chi connectivity index (χ4n) is 15.6. The molecule has 20 rings (SSSR count). The van der Waals surface area contributed by atoms with Crippen LogP contribution in [0.2, 0.25) is 0 Å². The van der Waals surface area contributed by atoms with Crippen molar-refractivity contribution in [3.63, 3.8) is 0 Å². The van der Waals surface area contributed by atoms with Crippen molar-refractivity contribution in [3.8, 4) is 84.5 Å². The normalized spacial score (nSPS) is 11.9. The molecule has 20 aromatic rings. The van der Waals surface area contributed by atoms with Crippen molar-refractivity contribution < 1.29 is 0 Å². The van der Waals surface area contributed by atoms with Crippen molar-refractivity contribution in [2.75, 3.05) is 0 Å². The Labute approximate surface area is 562 Å². The van der Waals surface area contributed by atoms with E-state index in [4.69, 9.17) is 0 Å². The summed E-state index contributed by atoms with van der Waals surface area (Å²) in [4.78, 5) is 0. The molecular weight excluding hydrogens is 1200 g/mol. The summed E-state index contributed by atoms with van der Waals surface area (Å²) < 4.78 is 12.3. The number of fused-ring (bicyclic) bond motifs is 15. The maximum absolute atomic E-state index is 9.97. The maximum atomic E-state index is 9.97. The first-order chi connectivity index (χ1) is 48.0. The molecule has 0 saturated heterocycles. The molecule has 5 heterocycles. The van der Waals surface area contributed by atoms with E-state index < -0.39 is 0 Å². The molecule has 0 aliphatic carbocycles. The van der Waals surface area contributed by atoms with Gasteiger partial charge in [-0.2, -0.15) is 5.26 Å². The minimum absolute atomic E-state index is 0.627. The average Bonchev–Trinajstić information content (AvgIpc) is 1.59. The topological polar surface area (TPSA) is 43.5 Å². The largest absolute Gasteiger partial charge is 0.309 e. The SMILES string of the molecule is N#Cc1ccc(-n2c3ccc(-c4ccc5c(c4)c4ccccc4n5-c4cccc5c4sc4ccccc45)cc3c3ccc(-c4ccc5c(c4)c4cc(-c6ccc7c(c6)c6ccccc6n7-c6ccc(-c7ccccc7)cc6)ccc4n5-c4ccc(-c5ccccc5)cc4)cc32)cc1. The second-order valence-electron chi connectivity index (χ2n) is 25.5. The lowest BCUT2D eigenvalue weighted by Gasteiger charge is -2.11. The Morgan fingerprint density at radius 3 is 1.03 bits per heavy atom. The summed E-state index contributed by atoms with van der Waals surface area (Å²) in [7, 11) is 0. The first kappa shape index (κ1) is 54.7. The van der Waals surface area contributed by atoms with Crippen LogP contribution in [0.5, 0.6) is 0 Å². The summed E-state index contributed by atoms with van der Waals surface area (Å²) in [6.45, 7) is 0. The second-order valence-corrected chi connectivity index (χ2v) is 26.6. The Kier molecular flexibility index (Phi) is 12.2. The number of nitriles is 1. The van der Waals surface area contributed by atoms with E-state index in [1.165, 1.54) is 102 Å². The molecule has 0 atom stereocenters. The Morgan fingerprint density at radius 1 is 0.216 bits per heavy atom. The fraction of sp³-hybridized carbons (Fsp3) is 0. The van der Waals surface area contributed by atoms with Gasteiger partial charge in [-0.15, -0.1) is 11.3 Å². The molecule has 6 heteroatoms. The molecule has 0 unspecified atom stereocenters. The van der Waals surface area contributed by atoms with E-state index >= 15 is 0 Å². The Bertz CT molecular complexity index is 6650. The third-order valence-corrected chi connectivity index (χ3v) is 21.4. The highest BCUT2D eigenvalue weighted by atomic mass is 32.1. The lowest BCUT2D eigenvalue weighted by Crippen LogP contribution is -1.95. The van der Waals surface area contributed by atoms with E-state index in [-0.39, 0.29) is 0 Å². The van der Waals surface area contributed by atoms with Crippen molar-refractivity contribution in [1.29, 1.82) is 5.26 Å². The summed E-state index contributed by atoms with van der Waals surface area (Å²) >= 11 is 1.87. The number of nitrogens with zero attached hydrogens (tertiary/aromatic N) is 5. The van der Waals surface area contributed by atoms with Crippen LogP contribution in [0.3, 0.4) is 0 Å². The lowest BCUT2D eigenvalue weighted by atomic mass is 9.98. The van der Waals surface area contributed by atoms with Crippen LogP contribution in [-0.4, -0.2) is 18.3 Å².